The number of fused-ring (bicyclic) bond motifs is 2. The van der Waals surface area contributed by atoms with Crippen LogP contribution >= 0.6 is 0 Å². The molecule has 1 saturated carbocycles. The number of aliphatic hydroxyl groups excluding tert-OH is 1. The predicted octanol–water partition coefficient (Wildman–Crippen LogP) is 4.91. The summed E-state index contributed by atoms with van der Waals surface area (Å²) in [6.45, 7) is 0.337. The van der Waals surface area contributed by atoms with E-state index in [4.69, 9.17) is 18.9 Å². The summed E-state index contributed by atoms with van der Waals surface area (Å²) >= 11 is 0. The van der Waals surface area contributed by atoms with Gasteiger partial charge in [0.1, 0.15) is 24.4 Å². The monoisotopic (exact) mass is 704 g/mol. The van der Waals surface area contributed by atoms with E-state index >= 15 is 0 Å². The fraction of sp³-hybridized carbons (Fsp3) is 0.405. The minimum Gasteiger partial charge on any atom is -0.456 e. The Morgan fingerprint density at radius 2 is 1.69 bits per heavy atom. The number of nitrogens with zero attached hydrogens (tertiary/aromatic N) is 1. The Hall–Kier alpha value is -4.61. The number of likely N-dealkylation sites (tertiary alicyclic amines) is 1. The molecule has 0 radical (unpaired) electrons. The zero-order chi connectivity index (χ0) is 35.7. The van der Waals surface area contributed by atoms with Crippen molar-refractivity contribution in [2.45, 2.75) is 80.9 Å². The number of carbonyl (C=O) groups excluding carboxylic acids is 3. The molecule has 52 heavy (non-hydrogen) atoms. The van der Waals surface area contributed by atoms with Gasteiger partial charge >= 0.3 is 5.97 Å². The minimum absolute atomic E-state index is 0.0851. The summed E-state index contributed by atoms with van der Waals surface area (Å²) in [7, 11) is 0. The third kappa shape index (κ3) is 6.96. The van der Waals surface area contributed by atoms with Gasteiger partial charge in [-0.2, -0.15) is 0 Å². The number of nitrogens with one attached hydrogen (secondary N) is 1. The molecule has 4 fully saturated rings. The Balaban J connectivity index is 1.08. The number of rotatable bonds is 10. The molecule has 3 aromatic rings. The van der Waals surface area contributed by atoms with Crippen LogP contribution in [-0.2, 0) is 34.3 Å². The number of benzene rings is 3. The highest BCUT2D eigenvalue weighted by atomic mass is 16.8. The summed E-state index contributed by atoms with van der Waals surface area (Å²) in [6.07, 6.45) is 9.03. The van der Waals surface area contributed by atoms with Gasteiger partial charge in [0.05, 0.1) is 24.4 Å². The van der Waals surface area contributed by atoms with Crippen LogP contribution < -0.4 is 5.32 Å². The van der Waals surface area contributed by atoms with Crippen molar-refractivity contribution in [3.05, 3.63) is 125 Å². The Bertz CT molecular complexity index is 1810. The number of aliphatic hydroxyl groups is 1. The lowest BCUT2D eigenvalue weighted by Gasteiger charge is -2.33. The summed E-state index contributed by atoms with van der Waals surface area (Å²) in [4.78, 5) is 42.7. The zero-order valence-electron chi connectivity index (χ0n) is 29.0. The molecule has 3 aliphatic heterocycles. The van der Waals surface area contributed by atoms with Crippen LogP contribution in [0.15, 0.2) is 103 Å². The highest BCUT2D eigenvalue weighted by Gasteiger charge is 2.55. The summed E-state index contributed by atoms with van der Waals surface area (Å²) < 4.78 is 25.7. The first-order valence-electron chi connectivity index (χ1n) is 18.4. The van der Waals surface area contributed by atoms with Gasteiger partial charge in [0, 0.05) is 36.2 Å². The average molecular weight is 705 g/mol. The van der Waals surface area contributed by atoms with Crippen LogP contribution in [0.4, 0.5) is 0 Å². The Morgan fingerprint density at radius 3 is 2.42 bits per heavy atom. The van der Waals surface area contributed by atoms with Crippen molar-refractivity contribution in [2.75, 3.05) is 19.7 Å². The highest BCUT2D eigenvalue weighted by Crippen LogP contribution is 2.47. The first-order chi connectivity index (χ1) is 25.4. The second kappa shape index (κ2) is 14.8. The molecule has 2 aliphatic carbocycles. The lowest BCUT2D eigenvalue weighted by Crippen LogP contribution is -2.49. The maximum Gasteiger partial charge on any atom is 0.338 e. The number of carbonyl (C=O) groups is 3. The van der Waals surface area contributed by atoms with Gasteiger partial charge in [-0.15, -0.1) is 0 Å². The molecular formula is C42H44N2O8. The summed E-state index contributed by atoms with van der Waals surface area (Å²) in [5, 5.41) is 11.9. The van der Waals surface area contributed by atoms with Gasteiger partial charge in [-0.05, 0) is 61.8 Å². The van der Waals surface area contributed by atoms with Crippen LogP contribution in [0.1, 0.15) is 65.6 Å². The smallest absolute Gasteiger partial charge is 0.338 e. The molecule has 0 aromatic heterocycles. The summed E-state index contributed by atoms with van der Waals surface area (Å²) in [5.74, 6) is -2.01. The molecule has 270 valence electrons. The number of hydrogen-bond donors (Lipinski definition) is 2. The van der Waals surface area contributed by atoms with Crippen molar-refractivity contribution in [1.29, 1.82) is 0 Å². The van der Waals surface area contributed by atoms with Gasteiger partial charge < -0.3 is 34.3 Å². The lowest BCUT2D eigenvalue weighted by molar-refractivity contribution is -0.157. The second-order valence-electron chi connectivity index (χ2n) is 14.3. The van der Waals surface area contributed by atoms with Gasteiger partial charge in [-0.3, -0.25) is 9.59 Å². The molecule has 3 unspecified atom stereocenters. The van der Waals surface area contributed by atoms with Crippen LogP contribution in [0.3, 0.4) is 0 Å². The Morgan fingerprint density at radius 1 is 0.923 bits per heavy atom. The summed E-state index contributed by atoms with van der Waals surface area (Å²) in [6, 6.07) is 25.9. The molecule has 5 aliphatic rings. The van der Waals surface area contributed by atoms with Crippen molar-refractivity contribution in [3.8, 4) is 0 Å². The number of ether oxygens (including phenoxy) is 4. The van der Waals surface area contributed by atoms with Crippen molar-refractivity contribution in [1.82, 2.24) is 10.2 Å². The molecule has 2 N–H and O–H groups in total. The molecule has 3 saturated heterocycles. The van der Waals surface area contributed by atoms with Crippen LogP contribution in [0.25, 0.3) is 6.08 Å². The van der Waals surface area contributed by atoms with E-state index in [1.807, 2.05) is 78.9 Å². The molecule has 3 aromatic carbocycles. The molecule has 3 heterocycles. The van der Waals surface area contributed by atoms with E-state index in [1.54, 1.807) is 17.0 Å². The van der Waals surface area contributed by atoms with Crippen LogP contribution in [0.5, 0.6) is 0 Å². The first-order valence-corrected chi connectivity index (χ1v) is 18.4. The molecule has 2 amide bonds. The fourth-order valence-corrected chi connectivity index (χ4v) is 8.18. The molecule has 10 heteroatoms. The standard InChI is InChI=1S/C42H44N2O8/c45-22-20-43-39(46)33-15-8-21-44(33)40(47)30-25-36(50-41(48)29-10-7-9-27(23-29)16-17-28-18-19-34-35(24-28)49-34)38-37(26-30)51-42(52-38,31-11-3-1-4-12-31)32-13-5-2-6-14-32/h1-7,9-14,16-17,23,26,28,33-38,45H,8,15,18-22,24-25H2,(H,43,46)/t28?,33-,34?,35?,36-,37-,38+/m1/s1. The van der Waals surface area contributed by atoms with Gasteiger partial charge in [-0.1, -0.05) is 84.9 Å². The molecular weight excluding hydrogens is 660 g/mol. The van der Waals surface area contributed by atoms with E-state index in [0.717, 1.165) is 36.0 Å². The summed E-state index contributed by atoms with van der Waals surface area (Å²) in [5.41, 5.74) is 3.23. The van der Waals surface area contributed by atoms with E-state index in [1.165, 1.54) is 0 Å². The van der Waals surface area contributed by atoms with Crippen LogP contribution in [0.2, 0.25) is 0 Å². The van der Waals surface area contributed by atoms with Crippen molar-refractivity contribution < 1.29 is 38.4 Å². The zero-order valence-corrected chi connectivity index (χ0v) is 29.0. The maximum absolute atomic E-state index is 14.2. The third-order valence-corrected chi connectivity index (χ3v) is 10.9. The van der Waals surface area contributed by atoms with E-state index in [2.05, 4.69) is 17.5 Å². The number of esters is 1. The first kappa shape index (κ1) is 34.5. The number of epoxide rings is 1. The van der Waals surface area contributed by atoms with E-state index < -0.39 is 36.1 Å². The number of allylic oxidation sites excluding steroid dienone is 1. The third-order valence-electron chi connectivity index (χ3n) is 10.9. The predicted molar refractivity (Wildman–Crippen MR) is 192 cm³/mol. The molecule has 0 bridgehead atoms. The van der Waals surface area contributed by atoms with Gasteiger partial charge in [0.25, 0.3) is 0 Å². The minimum atomic E-state index is -1.33. The van der Waals surface area contributed by atoms with Crippen molar-refractivity contribution in [2.24, 2.45) is 5.92 Å². The second-order valence-corrected chi connectivity index (χ2v) is 14.3. The molecule has 7 atom stereocenters. The lowest BCUT2D eigenvalue weighted by atomic mass is 9.88. The quantitative estimate of drug-likeness (QED) is 0.225. The number of amides is 2. The topological polar surface area (TPSA) is 127 Å². The van der Waals surface area contributed by atoms with E-state index in [0.29, 0.717) is 48.6 Å². The van der Waals surface area contributed by atoms with Crippen LogP contribution in [-0.4, -0.2) is 84.0 Å². The molecule has 10 nitrogen and oxygen atoms in total. The SMILES string of the molecule is O=C(O[C@@H]1CC(C(=O)N2CCC[C@@H]2C(=O)NCCO)=C[C@H]2OC(c3ccccc3)(c3ccccc3)O[C@H]21)c1cccc(C=CC2CCC3OC3C2)c1. The fourth-order valence-electron chi connectivity index (χ4n) is 8.18. The van der Waals surface area contributed by atoms with Gasteiger partial charge in [-0.25, -0.2) is 4.79 Å². The Kier molecular flexibility index (Phi) is 9.80. The number of hydrogen-bond acceptors (Lipinski definition) is 8. The Labute approximate surface area is 303 Å². The van der Waals surface area contributed by atoms with Gasteiger partial charge in [0.15, 0.2) is 0 Å². The molecule has 8 rings (SSSR count). The van der Waals surface area contributed by atoms with E-state index in [9.17, 15) is 19.5 Å². The largest absolute Gasteiger partial charge is 0.456 e. The van der Waals surface area contributed by atoms with Crippen molar-refractivity contribution >= 4 is 23.9 Å². The normalized spacial score (nSPS) is 28.8. The molecule has 0 spiro atoms. The van der Waals surface area contributed by atoms with Crippen molar-refractivity contribution in [3.63, 3.8) is 0 Å². The van der Waals surface area contributed by atoms with E-state index in [-0.39, 0.29) is 31.4 Å². The average Bonchev–Trinajstić information content (AvgIpc) is 3.58. The van der Waals surface area contributed by atoms with Crippen LogP contribution in [0, 0.1) is 5.92 Å². The van der Waals surface area contributed by atoms with Gasteiger partial charge in [0.2, 0.25) is 17.6 Å². The maximum atomic E-state index is 14.2. The highest BCUT2D eigenvalue weighted by molar-refractivity contribution is 5.98.